The molecule has 5 heteroatoms. The van der Waals surface area contributed by atoms with Crippen LogP contribution in [0.2, 0.25) is 0 Å². The van der Waals surface area contributed by atoms with E-state index in [1.807, 2.05) is 11.8 Å². The number of carbonyl (C=O) groups is 2. The topological polar surface area (TPSA) is 58.6 Å². The molecule has 5 nitrogen and oxygen atoms in total. The van der Waals surface area contributed by atoms with Gasteiger partial charge in [-0.2, -0.15) is 0 Å². The first-order chi connectivity index (χ1) is 10.3. The molecule has 2 aliphatic rings. The number of piperidine rings is 1. The molecule has 22 heavy (non-hydrogen) atoms. The van der Waals surface area contributed by atoms with Gasteiger partial charge in [0, 0.05) is 18.8 Å². The molecular weight excluding hydrogens is 280 g/mol. The lowest BCUT2D eigenvalue weighted by Gasteiger charge is -2.23. The number of hydrogen-bond donors (Lipinski definition) is 1. The van der Waals surface area contributed by atoms with Gasteiger partial charge in [-0.1, -0.05) is 13.8 Å². The van der Waals surface area contributed by atoms with Gasteiger partial charge in [-0.15, -0.1) is 0 Å². The molecule has 0 unspecified atom stereocenters. The summed E-state index contributed by atoms with van der Waals surface area (Å²) in [5.41, 5.74) is 2.47. The van der Waals surface area contributed by atoms with Crippen molar-refractivity contribution in [2.24, 2.45) is 17.3 Å². The second kappa shape index (κ2) is 5.00. The normalized spacial score (nSPS) is 24.6. The van der Waals surface area contributed by atoms with Crippen molar-refractivity contribution in [2.45, 2.75) is 20.8 Å². The standard InChI is InChI=1S/C17H22N2O3/c1-10-7-11(15(20)22-4)5-6-14(10)18-16(21)19-8-12-13(9-19)17(12,2)3/h5-7,12-13H,8-9H2,1-4H3,(H,18,21)/t12-,13-/m1/s1. The highest BCUT2D eigenvalue weighted by molar-refractivity contribution is 5.93. The number of hydrogen-bond acceptors (Lipinski definition) is 3. The van der Waals surface area contributed by atoms with E-state index in [9.17, 15) is 9.59 Å². The Labute approximate surface area is 130 Å². The van der Waals surface area contributed by atoms with Gasteiger partial charge < -0.3 is 15.0 Å². The number of aryl methyl sites for hydroxylation is 1. The van der Waals surface area contributed by atoms with Crippen LogP contribution in [-0.4, -0.2) is 37.1 Å². The molecule has 3 rings (SSSR count). The predicted octanol–water partition coefficient (Wildman–Crippen LogP) is 2.90. The Kier molecular flexibility index (Phi) is 3.38. The number of methoxy groups -OCH3 is 1. The van der Waals surface area contributed by atoms with Gasteiger partial charge >= 0.3 is 12.0 Å². The molecule has 2 fully saturated rings. The minimum Gasteiger partial charge on any atom is -0.465 e. The molecule has 1 N–H and O–H groups in total. The van der Waals surface area contributed by atoms with Gasteiger partial charge in [-0.3, -0.25) is 0 Å². The largest absolute Gasteiger partial charge is 0.465 e. The molecule has 1 heterocycles. The number of benzene rings is 1. The predicted molar refractivity (Wildman–Crippen MR) is 83.9 cm³/mol. The number of ether oxygens (including phenoxy) is 1. The third-order valence-electron chi connectivity index (χ3n) is 5.30. The maximum atomic E-state index is 12.3. The zero-order valence-electron chi connectivity index (χ0n) is 13.5. The van der Waals surface area contributed by atoms with E-state index in [-0.39, 0.29) is 12.0 Å². The average Bonchev–Trinajstić information content (AvgIpc) is 2.86. The number of rotatable bonds is 2. The van der Waals surface area contributed by atoms with Gasteiger partial charge in [0.25, 0.3) is 0 Å². The zero-order chi connectivity index (χ0) is 16.1. The summed E-state index contributed by atoms with van der Waals surface area (Å²) in [6.45, 7) is 8.08. The van der Waals surface area contributed by atoms with E-state index in [1.165, 1.54) is 7.11 Å². The number of fused-ring (bicyclic) bond motifs is 1. The molecule has 1 aromatic rings. The fourth-order valence-corrected chi connectivity index (χ4v) is 3.54. The van der Waals surface area contributed by atoms with Crippen molar-refractivity contribution in [1.82, 2.24) is 4.90 Å². The first-order valence-electron chi connectivity index (χ1n) is 7.59. The lowest BCUT2D eigenvalue weighted by Crippen LogP contribution is -2.36. The molecule has 1 aliphatic carbocycles. The van der Waals surface area contributed by atoms with E-state index in [1.54, 1.807) is 18.2 Å². The number of esters is 1. The fourth-order valence-electron chi connectivity index (χ4n) is 3.54. The third kappa shape index (κ3) is 2.34. The number of amides is 2. The molecule has 0 bridgehead atoms. The minimum atomic E-state index is -0.372. The molecule has 1 aliphatic heterocycles. The minimum absolute atomic E-state index is 0.0584. The van der Waals surface area contributed by atoms with Crippen LogP contribution in [0.25, 0.3) is 0 Å². The monoisotopic (exact) mass is 302 g/mol. The van der Waals surface area contributed by atoms with Gasteiger partial charge in [0.1, 0.15) is 0 Å². The summed E-state index contributed by atoms with van der Waals surface area (Å²) in [6.07, 6.45) is 0. The van der Waals surface area contributed by atoms with Gasteiger partial charge in [0.15, 0.2) is 0 Å². The van der Waals surface area contributed by atoms with Crippen molar-refractivity contribution in [1.29, 1.82) is 0 Å². The summed E-state index contributed by atoms with van der Waals surface area (Å²) in [4.78, 5) is 25.7. The van der Waals surface area contributed by atoms with Crippen LogP contribution in [-0.2, 0) is 4.74 Å². The summed E-state index contributed by atoms with van der Waals surface area (Å²) in [7, 11) is 1.35. The second-order valence-corrected chi connectivity index (χ2v) is 6.89. The highest BCUT2D eigenvalue weighted by Gasteiger charge is 2.62. The fraction of sp³-hybridized carbons (Fsp3) is 0.529. The zero-order valence-corrected chi connectivity index (χ0v) is 13.5. The molecule has 0 spiro atoms. The molecule has 2 amide bonds. The summed E-state index contributed by atoms with van der Waals surface area (Å²) < 4.78 is 4.70. The van der Waals surface area contributed by atoms with Crippen molar-refractivity contribution in [3.63, 3.8) is 0 Å². The lowest BCUT2D eigenvalue weighted by atomic mass is 10.1. The third-order valence-corrected chi connectivity index (χ3v) is 5.30. The van der Waals surface area contributed by atoms with Crippen LogP contribution in [0.4, 0.5) is 10.5 Å². The quantitative estimate of drug-likeness (QED) is 0.855. The Hall–Kier alpha value is -2.04. The molecule has 0 radical (unpaired) electrons. The maximum Gasteiger partial charge on any atom is 0.337 e. The highest BCUT2D eigenvalue weighted by Crippen LogP contribution is 2.61. The van der Waals surface area contributed by atoms with E-state index in [0.717, 1.165) is 24.3 Å². The van der Waals surface area contributed by atoms with Gasteiger partial charge in [0.05, 0.1) is 12.7 Å². The van der Waals surface area contributed by atoms with Gasteiger partial charge in [0.2, 0.25) is 0 Å². The smallest absolute Gasteiger partial charge is 0.337 e. The number of urea groups is 1. The molecule has 1 aromatic carbocycles. The molecule has 0 aromatic heterocycles. The van der Waals surface area contributed by atoms with Gasteiger partial charge in [-0.25, -0.2) is 9.59 Å². The number of nitrogens with zero attached hydrogens (tertiary/aromatic N) is 1. The van der Waals surface area contributed by atoms with Crippen LogP contribution < -0.4 is 5.32 Å². The summed E-state index contributed by atoms with van der Waals surface area (Å²) >= 11 is 0. The van der Waals surface area contributed by atoms with E-state index in [2.05, 4.69) is 19.2 Å². The molecule has 118 valence electrons. The summed E-state index contributed by atoms with van der Waals surface area (Å²) in [5.74, 6) is 0.907. The van der Waals surface area contributed by atoms with Crippen molar-refractivity contribution in [3.05, 3.63) is 29.3 Å². The number of carbonyl (C=O) groups excluding carboxylic acids is 2. The van der Waals surface area contributed by atoms with E-state index in [0.29, 0.717) is 22.8 Å². The maximum absolute atomic E-state index is 12.3. The van der Waals surface area contributed by atoms with Crippen LogP contribution in [0.15, 0.2) is 18.2 Å². The number of likely N-dealkylation sites (tertiary alicyclic amines) is 1. The van der Waals surface area contributed by atoms with Crippen LogP contribution in [0.3, 0.4) is 0 Å². The van der Waals surface area contributed by atoms with Crippen LogP contribution in [0, 0.1) is 24.2 Å². The average molecular weight is 302 g/mol. The van der Waals surface area contributed by atoms with Crippen LogP contribution in [0.1, 0.15) is 29.8 Å². The molecule has 2 atom stereocenters. The van der Waals surface area contributed by atoms with E-state index >= 15 is 0 Å². The molecular formula is C17H22N2O3. The van der Waals surface area contributed by atoms with Crippen molar-refractivity contribution in [2.75, 3.05) is 25.5 Å². The summed E-state index contributed by atoms with van der Waals surface area (Å²) in [6, 6.07) is 5.09. The van der Waals surface area contributed by atoms with Crippen molar-refractivity contribution in [3.8, 4) is 0 Å². The number of nitrogens with one attached hydrogen (secondary N) is 1. The van der Waals surface area contributed by atoms with Crippen LogP contribution in [0.5, 0.6) is 0 Å². The first-order valence-corrected chi connectivity index (χ1v) is 7.59. The second-order valence-electron chi connectivity index (χ2n) is 6.89. The Morgan fingerprint density at radius 2 is 1.91 bits per heavy atom. The Morgan fingerprint density at radius 1 is 1.27 bits per heavy atom. The highest BCUT2D eigenvalue weighted by atomic mass is 16.5. The Morgan fingerprint density at radius 3 is 2.45 bits per heavy atom. The van der Waals surface area contributed by atoms with Crippen LogP contribution >= 0.6 is 0 Å². The van der Waals surface area contributed by atoms with Gasteiger partial charge in [-0.05, 0) is 47.9 Å². The summed E-state index contributed by atoms with van der Waals surface area (Å²) in [5, 5.41) is 2.94. The molecule has 1 saturated heterocycles. The Balaban J connectivity index is 1.64. The number of anilines is 1. The van der Waals surface area contributed by atoms with Crippen molar-refractivity contribution >= 4 is 17.7 Å². The van der Waals surface area contributed by atoms with E-state index in [4.69, 9.17) is 4.74 Å². The molecule has 1 saturated carbocycles. The van der Waals surface area contributed by atoms with E-state index < -0.39 is 0 Å². The Bertz CT molecular complexity index is 625. The first kappa shape index (κ1) is 14.9. The SMILES string of the molecule is COC(=O)c1ccc(NC(=O)N2C[C@@H]3[C@@H](C2)C3(C)C)c(C)c1. The lowest BCUT2D eigenvalue weighted by molar-refractivity contribution is 0.0600. The van der Waals surface area contributed by atoms with Crippen molar-refractivity contribution < 1.29 is 14.3 Å².